The van der Waals surface area contributed by atoms with Gasteiger partial charge in [-0.3, -0.25) is 4.79 Å². The zero-order valence-electron chi connectivity index (χ0n) is 10.1. The highest BCUT2D eigenvalue weighted by atomic mass is 32.2. The molecule has 0 unspecified atom stereocenters. The fourth-order valence-corrected chi connectivity index (χ4v) is 2.30. The third-order valence-corrected chi connectivity index (χ3v) is 3.95. The summed E-state index contributed by atoms with van der Waals surface area (Å²) < 4.78 is 25.9. The fraction of sp³-hybridized carbons (Fsp3) is 0.400. The highest BCUT2D eigenvalue weighted by molar-refractivity contribution is 7.89. The van der Waals surface area contributed by atoms with E-state index in [1.807, 2.05) is 0 Å². The molecule has 1 aliphatic rings. The number of amides is 1. The van der Waals surface area contributed by atoms with Crippen molar-refractivity contribution in [2.75, 3.05) is 12.0 Å². The second kappa shape index (κ2) is 5.51. The van der Waals surface area contributed by atoms with Crippen molar-refractivity contribution in [1.29, 1.82) is 0 Å². The summed E-state index contributed by atoms with van der Waals surface area (Å²) in [7, 11) is -3.74. The molecule has 0 atom stereocenters. The maximum atomic E-state index is 11.9. The number of hydrazine groups is 1. The summed E-state index contributed by atoms with van der Waals surface area (Å²) in [4.78, 5) is 15.2. The summed E-state index contributed by atoms with van der Waals surface area (Å²) in [5, 5.41) is 2.69. The number of nitrogens with two attached hydrogens (primary N) is 1. The smallest absolute Gasteiger partial charge is 0.242 e. The first kappa shape index (κ1) is 13.7. The second-order valence-electron chi connectivity index (χ2n) is 4.19. The van der Waals surface area contributed by atoms with Crippen molar-refractivity contribution < 1.29 is 13.2 Å². The number of carbonyl (C=O) groups excluding carboxylic acids is 1. The van der Waals surface area contributed by atoms with Gasteiger partial charge in [0.1, 0.15) is 10.7 Å². The third-order valence-electron chi connectivity index (χ3n) is 2.56. The number of carbonyl (C=O) groups is 1. The molecule has 8 nitrogen and oxygen atoms in total. The molecule has 104 valence electrons. The summed E-state index contributed by atoms with van der Waals surface area (Å²) in [5.74, 6) is 5.15. The average molecular weight is 285 g/mol. The lowest BCUT2D eigenvalue weighted by Gasteiger charge is -2.07. The number of nitrogen functional groups attached to an aromatic ring is 1. The van der Waals surface area contributed by atoms with Crippen LogP contribution in [0.3, 0.4) is 0 Å². The van der Waals surface area contributed by atoms with Crippen LogP contribution in [0.15, 0.2) is 23.2 Å². The Labute approximate surface area is 110 Å². The van der Waals surface area contributed by atoms with E-state index in [0.29, 0.717) is 5.82 Å². The standard InChI is InChI=1S/C10H15N5O3S/c11-15-9-4-3-8(5-12-9)19(17,18)13-6-10(16)14-7-1-2-7/h3-5,7,13H,1-2,6,11H2,(H,12,15)(H,14,16). The number of aromatic nitrogens is 1. The minimum atomic E-state index is -3.74. The molecule has 0 spiro atoms. The number of hydrogen-bond donors (Lipinski definition) is 4. The van der Waals surface area contributed by atoms with Gasteiger partial charge >= 0.3 is 0 Å². The molecule has 2 rings (SSSR count). The molecule has 1 aliphatic carbocycles. The number of anilines is 1. The number of pyridine rings is 1. The first-order valence-electron chi connectivity index (χ1n) is 5.73. The van der Waals surface area contributed by atoms with Crippen molar-refractivity contribution in [3.63, 3.8) is 0 Å². The Morgan fingerprint density at radius 2 is 2.16 bits per heavy atom. The lowest BCUT2D eigenvalue weighted by Crippen LogP contribution is -2.37. The average Bonchev–Trinajstić information content (AvgIpc) is 3.20. The van der Waals surface area contributed by atoms with Crippen molar-refractivity contribution in [2.24, 2.45) is 5.84 Å². The van der Waals surface area contributed by atoms with Crippen molar-refractivity contribution in [1.82, 2.24) is 15.0 Å². The van der Waals surface area contributed by atoms with Crippen LogP contribution in [0, 0.1) is 0 Å². The lowest BCUT2D eigenvalue weighted by molar-refractivity contribution is -0.120. The fourth-order valence-electron chi connectivity index (χ4n) is 1.37. The van der Waals surface area contributed by atoms with Gasteiger partial charge in [-0.1, -0.05) is 0 Å². The topological polar surface area (TPSA) is 126 Å². The predicted molar refractivity (Wildman–Crippen MR) is 68.4 cm³/mol. The van der Waals surface area contributed by atoms with Gasteiger partial charge in [0.2, 0.25) is 15.9 Å². The summed E-state index contributed by atoms with van der Waals surface area (Å²) in [6.07, 6.45) is 3.07. The molecule has 0 radical (unpaired) electrons. The number of hydrogen-bond acceptors (Lipinski definition) is 6. The van der Waals surface area contributed by atoms with Crippen LogP contribution in [-0.2, 0) is 14.8 Å². The van der Waals surface area contributed by atoms with E-state index in [1.54, 1.807) is 0 Å². The van der Waals surface area contributed by atoms with Gasteiger partial charge < -0.3 is 10.7 Å². The molecule has 0 aromatic carbocycles. The Balaban J connectivity index is 1.94. The van der Waals surface area contributed by atoms with Crippen LogP contribution in [0.4, 0.5) is 5.82 Å². The molecular weight excluding hydrogens is 270 g/mol. The lowest BCUT2D eigenvalue weighted by atomic mass is 10.5. The molecular formula is C10H15N5O3S. The molecule has 1 aromatic heterocycles. The second-order valence-corrected chi connectivity index (χ2v) is 5.96. The summed E-state index contributed by atoms with van der Waals surface area (Å²) in [6.45, 7) is -0.282. The molecule has 9 heteroatoms. The Morgan fingerprint density at radius 1 is 1.42 bits per heavy atom. The third kappa shape index (κ3) is 3.88. The maximum Gasteiger partial charge on any atom is 0.242 e. The van der Waals surface area contributed by atoms with Gasteiger partial charge in [0.05, 0.1) is 6.54 Å². The van der Waals surface area contributed by atoms with E-state index in [1.165, 1.54) is 12.1 Å². The van der Waals surface area contributed by atoms with Crippen LogP contribution < -0.4 is 21.3 Å². The van der Waals surface area contributed by atoms with E-state index in [0.717, 1.165) is 19.0 Å². The summed E-state index contributed by atoms with van der Waals surface area (Å²) in [6, 6.07) is 2.98. The number of rotatable bonds is 6. The molecule has 0 aliphatic heterocycles. The van der Waals surface area contributed by atoms with Gasteiger partial charge in [0.25, 0.3) is 0 Å². The van der Waals surface area contributed by atoms with Crippen LogP contribution in [0.25, 0.3) is 0 Å². The Hall–Kier alpha value is -1.71. The predicted octanol–water partition coefficient (Wildman–Crippen LogP) is -1.08. The minimum absolute atomic E-state index is 0.0225. The van der Waals surface area contributed by atoms with Crippen LogP contribution in [0.1, 0.15) is 12.8 Å². The SMILES string of the molecule is NNc1ccc(S(=O)(=O)NCC(=O)NC2CC2)cn1. The van der Waals surface area contributed by atoms with Gasteiger partial charge in [-0.2, -0.15) is 0 Å². The van der Waals surface area contributed by atoms with Crippen LogP contribution in [0.5, 0.6) is 0 Å². The van der Waals surface area contributed by atoms with Crippen molar-refractivity contribution in [2.45, 2.75) is 23.8 Å². The molecule has 0 saturated heterocycles. The Kier molecular flexibility index (Phi) is 3.98. The van der Waals surface area contributed by atoms with Gasteiger partial charge in [0.15, 0.2) is 0 Å². The normalized spacial score (nSPS) is 15.0. The quantitative estimate of drug-likeness (QED) is 0.389. The largest absolute Gasteiger partial charge is 0.352 e. The van der Waals surface area contributed by atoms with E-state index in [9.17, 15) is 13.2 Å². The molecule has 1 fully saturated rings. The van der Waals surface area contributed by atoms with Crippen molar-refractivity contribution in [3.8, 4) is 0 Å². The van der Waals surface area contributed by atoms with Gasteiger partial charge in [-0.25, -0.2) is 24.0 Å². The zero-order chi connectivity index (χ0) is 13.9. The molecule has 19 heavy (non-hydrogen) atoms. The number of sulfonamides is 1. The molecule has 1 amide bonds. The van der Waals surface area contributed by atoms with Gasteiger partial charge in [-0.05, 0) is 25.0 Å². The van der Waals surface area contributed by atoms with Crippen LogP contribution in [-0.4, -0.2) is 31.9 Å². The number of nitrogens with zero attached hydrogens (tertiary/aromatic N) is 1. The van der Waals surface area contributed by atoms with E-state index in [2.05, 4.69) is 20.4 Å². The van der Waals surface area contributed by atoms with Crippen molar-refractivity contribution in [3.05, 3.63) is 18.3 Å². The van der Waals surface area contributed by atoms with Crippen LogP contribution in [0.2, 0.25) is 0 Å². The van der Waals surface area contributed by atoms with E-state index < -0.39 is 10.0 Å². The van der Waals surface area contributed by atoms with Gasteiger partial charge in [0, 0.05) is 12.2 Å². The van der Waals surface area contributed by atoms with E-state index >= 15 is 0 Å². The molecule has 0 bridgehead atoms. The molecule has 1 heterocycles. The highest BCUT2D eigenvalue weighted by Gasteiger charge is 2.24. The summed E-state index contributed by atoms with van der Waals surface area (Å²) in [5.41, 5.74) is 2.29. The summed E-state index contributed by atoms with van der Waals surface area (Å²) >= 11 is 0. The molecule has 5 N–H and O–H groups in total. The van der Waals surface area contributed by atoms with Gasteiger partial charge in [-0.15, -0.1) is 0 Å². The first-order chi connectivity index (χ1) is 9.01. The minimum Gasteiger partial charge on any atom is -0.352 e. The molecule has 1 aromatic rings. The Morgan fingerprint density at radius 3 is 2.68 bits per heavy atom. The number of nitrogens with one attached hydrogen (secondary N) is 3. The van der Waals surface area contributed by atoms with E-state index in [4.69, 9.17) is 5.84 Å². The van der Waals surface area contributed by atoms with Crippen LogP contribution >= 0.6 is 0 Å². The highest BCUT2D eigenvalue weighted by Crippen LogP contribution is 2.18. The first-order valence-corrected chi connectivity index (χ1v) is 7.21. The zero-order valence-corrected chi connectivity index (χ0v) is 10.9. The monoisotopic (exact) mass is 285 g/mol. The molecule has 1 saturated carbocycles. The van der Waals surface area contributed by atoms with Crippen molar-refractivity contribution >= 4 is 21.7 Å². The maximum absolute atomic E-state index is 11.9. The Bertz CT molecular complexity index is 553. The van der Waals surface area contributed by atoms with E-state index in [-0.39, 0.29) is 23.4 Å².